The third-order valence-electron chi connectivity index (χ3n) is 3.64. The highest BCUT2D eigenvalue weighted by Gasteiger charge is 2.25. The minimum absolute atomic E-state index is 0.390. The van der Waals surface area contributed by atoms with Gasteiger partial charge in [-0.05, 0) is 50.2 Å². The molecule has 1 unspecified atom stereocenters. The van der Waals surface area contributed by atoms with Gasteiger partial charge in [-0.2, -0.15) is 0 Å². The highest BCUT2D eigenvalue weighted by atomic mass is 19.1. The molecular formula is C18H31F. The predicted molar refractivity (Wildman–Crippen MR) is 85.1 cm³/mol. The lowest BCUT2D eigenvalue weighted by molar-refractivity contribution is 0.283. The fourth-order valence-electron chi connectivity index (χ4n) is 2.30. The maximum atomic E-state index is 14.5. The lowest BCUT2D eigenvalue weighted by Crippen LogP contribution is -2.19. The summed E-state index contributed by atoms with van der Waals surface area (Å²) in [5, 5.41) is 0. The predicted octanol–water partition coefficient (Wildman–Crippen LogP) is 6.40. The molecule has 0 fully saturated rings. The van der Waals surface area contributed by atoms with Crippen molar-refractivity contribution in [3.05, 3.63) is 36.5 Å². The van der Waals surface area contributed by atoms with Gasteiger partial charge in [-0.15, -0.1) is 0 Å². The van der Waals surface area contributed by atoms with E-state index < -0.39 is 5.67 Å². The molecule has 0 N–H and O–H groups in total. The number of hydrogen-bond donors (Lipinski definition) is 0. The van der Waals surface area contributed by atoms with Crippen LogP contribution in [0.2, 0.25) is 0 Å². The molecule has 0 aromatic heterocycles. The van der Waals surface area contributed by atoms with E-state index in [4.69, 9.17) is 0 Å². The van der Waals surface area contributed by atoms with Crippen molar-refractivity contribution in [2.45, 2.75) is 72.4 Å². The summed E-state index contributed by atoms with van der Waals surface area (Å²) in [5.74, 6) is 0. The van der Waals surface area contributed by atoms with Crippen molar-refractivity contribution in [1.82, 2.24) is 0 Å². The van der Waals surface area contributed by atoms with Crippen LogP contribution in [-0.4, -0.2) is 5.67 Å². The number of alkyl halides is 1. The summed E-state index contributed by atoms with van der Waals surface area (Å²) < 4.78 is 14.5. The molecule has 0 amide bonds. The zero-order chi connectivity index (χ0) is 14.9. The molecule has 0 radical (unpaired) electrons. The van der Waals surface area contributed by atoms with Crippen molar-refractivity contribution in [3.63, 3.8) is 0 Å². The molecule has 1 atom stereocenters. The first kappa shape index (κ1) is 18.1. The molecule has 0 nitrogen and oxygen atoms in total. The first-order valence-corrected chi connectivity index (χ1v) is 7.41. The van der Waals surface area contributed by atoms with Crippen molar-refractivity contribution in [1.29, 1.82) is 0 Å². The molecule has 0 rings (SSSR count). The lowest BCUT2D eigenvalue weighted by atomic mass is 9.83. The van der Waals surface area contributed by atoms with Crippen LogP contribution >= 0.6 is 0 Å². The van der Waals surface area contributed by atoms with E-state index in [1.807, 2.05) is 13.0 Å². The van der Waals surface area contributed by atoms with Crippen molar-refractivity contribution in [3.8, 4) is 0 Å². The van der Waals surface area contributed by atoms with Crippen LogP contribution in [0.1, 0.15) is 66.7 Å². The van der Waals surface area contributed by atoms with E-state index in [1.54, 1.807) is 19.1 Å². The fraction of sp³-hybridized carbons (Fsp3) is 0.667. The molecule has 0 aromatic rings. The second-order valence-electron chi connectivity index (χ2n) is 6.27. The standard InChI is InChI=1S/C18H31F/c1-7-12-17(5,6)14-10-9-11-15-18(19,13-8-2)16(3)4/h8-9,11,13H,3,7,10,12,14-15H2,1-2,4-6H3/b11-9+,13-8+. The number of hydrogen-bond acceptors (Lipinski definition) is 0. The molecule has 0 aliphatic heterocycles. The van der Waals surface area contributed by atoms with Crippen LogP contribution in [0.3, 0.4) is 0 Å². The van der Waals surface area contributed by atoms with Crippen LogP contribution in [0.15, 0.2) is 36.5 Å². The van der Waals surface area contributed by atoms with Gasteiger partial charge < -0.3 is 0 Å². The quantitative estimate of drug-likeness (QED) is 0.424. The molecule has 0 aromatic carbocycles. The molecule has 0 aliphatic carbocycles. The highest BCUT2D eigenvalue weighted by molar-refractivity contribution is 5.22. The van der Waals surface area contributed by atoms with Crippen LogP contribution in [-0.2, 0) is 0 Å². The zero-order valence-corrected chi connectivity index (χ0v) is 13.4. The lowest BCUT2D eigenvalue weighted by Gasteiger charge is -2.23. The minimum atomic E-state index is -1.38. The smallest absolute Gasteiger partial charge is 0.153 e. The molecule has 0 bridgehead atoms. The molecule has 19 heavy (non-hydrogen) atoms. The summed E-state index contributed by atoms with van der Waals surface area (Å²) >= 11 is 0. The van der Waals surface area contributed by atoms with Crippen LogP contribution in [0.4, 0.5) is 4.39 Å². The van der Waals surface area contributed by atoms with Gasteiger partial charge in [0.1, 0.15) is 0 Å². The molecule has 1 heteroatoms. The van der Waals surface area contributed by atoms with Crippen molar-refractivity contribution in [2.75, 3.05) is 0 Å². The van der Waals surface area contributed by atoms with Crippen LogP contribution in [0.5, 0.6) is 0 Å². The number of allylic oxidation sites excluding steroid dienone is 5. The minimum Gasteiger partial charge on any atom is -0.234 e. The zero-order valence-electron chi connectivity index (χ0n) is 13.4. The van der Waals surface area contributed by atoms with Gasteiger partial charge in [0.05, 0.1) is 0 Å². The Morgan fingerprint density at radius 2 is 1.84 bits per heavy atom. The first-order valence-electron chi connectivity index (χ1n) is 7.41. The van der Waals surface area contributed by atoms with E-state index in [0.29, 0.717) is 17.4 Å². The van der Waals surface area contributed by atoms with Gasteiger partial charge in [-0.3, -0.25) is 0 Å². The van der Waals surface area contributed by atoms with E-state index in [1.165, 1.54) is 12.8 Å². The third kappa shape index (κ3) is 7.34. The summed E-state index contributed by atoms with van der Waals surface area (Å²) in [6.45, 7) is 14.2. The van der Waals surface area contributed by atoms with Gasteiger partial charge in [-0.25, -0.2) is 4.39 Å². The van der Waals surface area contributed by atoms with E-state index in [9.17, 15) is 4.39 Å². The maximum Gasteiger partial charge on any atom is 0.153 e. The van der Waals surface area contributed by atoms with Crippen LogP contribution in [0, 0.1) is 5.41 Å². The summed E-state index contributed by atoms with van der Waals surface area (Å²) in [6, 6.07) is 0. The Bertz CT molecular complexity index is 323. The highest BCUT2D eigenvalue weighted by Crippen LogP contribution is 2.29. The van der Waals surface area contributed by atoms with Crippen molar-refractivity contribution in [2.24, 2.45) is 5.41 Å². The number of halogens is 1. The first-order chi connectivity index (χ1) is 8.77. The Hall–Kier alpha value is -0.850. The number of rotatable bonds is 9. The monoisotopic (exact) mass is 266 g/mol. The van der Waals surface area contributed by atoms with Gasteiger partial charge in [0, 0.05) is 6.42 Å². The maximum absolute atomic E-state index is 14.5. The van der Waals surface area contributed by atoms with Gasteiger partial charge >= 0.3 is 0 Å². The summed E-state index contributed by atoms with van der Waals surface area (Å²) in [5.41, 5.74) is -0.421. The Kier molecular flexibility index (Phi) is 7.97. The second kappa shape index (κ2) is 8.35. The fourth-order valence-corrected chi connectivity index (χ4v) is 2.30. The summed E-state index contributed by atoms with van der Waals surface area (Å²) in [6.07, 6.45) is 12.5. The molecule has 110 valence electrons. The van der Waals surface area contributed by atoms with E-state index >= 15 is 0 Å². The van der Waals surface area contributed by atoms with Crippen LogP contribution in [0.25, 0.3) is 0 Å². The normalized spacial score (nSPS) is 16.1. The van der Waals surface area contributed by atoms with E-state index in [-0.39, 0.29) is 0 Å². The van der Waals surface area contributed by atoms with E-state index in [2.05, 4.69) is 33.4 Å². The van der Waals surface area contributed by atoms with Gasteiger partial charge in [0.15, 0.2) is 5.67 Å². The molecule has 0 saturated carbocycles. The molecule has 0 spiro atoms. The third-order valence-corrected chi connectivity index (χ3v) is 3.64. The van der Waals surface area contributed by atoms with Crippen molar-refractivity contribution >= 4 is 0 Å². The Morgan fingerprint density at radius 1 is 1.21 bits per heavy atom. The SMILES string of the molecule is C=C(C)C(F)(/C=C/C)C/C=C/CCC(C)(C)CCC. The Balaban J connectivity index is 4.25. The Labute approximate surface area is 119 Å². The molecule has 0 heterocycles. The average Bonchev–Trinajstić information content (AvgIpc) is 2.28. The largest absolute Gasteiger partial charge is 0.234 e. The van der Waals surface area contributed by atoms with Crippen LogP contribution < -0.4 is 0 Å². The Morgan fingerprint density at radius 3 is 2.32 bits per heavy atom. The second-order valence-corrected chi connectivity index (χ2v) is 6.27. The molecule has 0 saturated heterocycles. The topological polar surface area (TPSA) is 0 Å². The van der Waals surface area contributed by atoms with Gasteiger partial charge in [0.25, 0.3) is 0 Å². The van der Waals surface area contributed by atoms with Gasteiger partial charge in [-0.1, -0.05) is 52.0 Å². The summed E-state index contributed by atoms with van der Waals surface area (Å²) in [7, 11) is 0. The molecular weight excluding hydrogens is 235 g/mol. The molecule has 0 aliphatic rings. The van der Waals surface area contributed by atoms with E-state index in [0.717, 1.165) is 12.8 Å². The summed E-state index contributed by atoms with van der Waals surface area (Å²) in [4.78, 5) is 0. The van der Waals surface area contributed by atoms with Gasteiger partial charge in [0.2, 0.25) is 0 Å². The average molecular weight is 266 g/mol. The van der Waals surface area contributed by atoms with Crippen molar-refractivity contribution < 1.29 is 4.39 Å².